The minimum Gasteiger partial charge on any atom is -0.491 e. The fraction of sp³-hybridized carbons (Fsp3) is 0.350. The normalized spacial score (nSPS) is 12.4. The van der Waals surface area contributed by atoms with Gasteiger partial charge in [0, 0.05) is 7.05 Å². The molecule has 3 aromatic rings. The molecule has 0 aliphatic carbocycles. The first-order chi connectivity index (χ1) is 12.8. The van der Waals surface area contributed by atoms with Gasteiger partial charge in [-0.15, -0.1) is 0 Å². The molecule has 0 spiro atoms. The molecule has 1 aromatic carbocycles. The van der Waals surface area contributed by atoms with Crippen molar-refractivity contribution in [2.45, 2.75) is 39.8 Å². The number of ether oxygens (including phenoxy) is 1. The van der Waals surface area contributed by atoms with E-state index in [4.69, 9.17) is 9.15 Å². The van der Waals surface area contributed by atoms with Crippen LogP contribution >= 0.6 is 0 Å². The Bertz CT molecular complexity index is 1050. The van der Waals surface area contributed by atoms with Crippen molar-refractivity contribution in [3.05, 3.63) is 57.8 Å². The van der Waals surface area contributed by atoms with Crippen molar-refractivity contribution < 1.29 is 13.9 Å². The molecule has 2 aromatic heterocycles. The van der Waals surface area contributed by atoms with E-state index in [0.29, 0.717) is 5.76 Å². The summed E-state index contributed by atoms with van der Waals surface area (Å²) in [5, 5.41) is 3.12. The predicted octanol–water partition coefficient (Wildman–Crippen LogP) is 3.11. The Balaban J connectivity index is 1.90. The maximum Gasteiger partial charge on any atom is 0.265 e. The van der Waals surface area contributed by atoms with Crippen LogP contribution in [0, 0.1) is 6.92 Å². The molecule has 0 aliphatic rings. The highest BCUT2D eigenvalue weighted by Crippen LogP contribution is 2.23. The van der Waals surface area contributed by atoms with Crippen LogP contribution in [0.1, 0.15) is 48.5 Å². The third-order valence-corrected chi connectivity index (χ3v) is 4.25. The van der Waals surface area contributed by atoms with Crippen LogP contribution in [0.15, 0.2) is 39.8 Å². The highest BCUT2D eigenvalue weighted by Gasteiger charge is 2.23. The van der Waals surface area contributed by atoms with Crippen LogP contribution in [0.3, 0.4) is 0 Å². The second-order valence-corrected chi connectivity index (χ2v) is 6.81. The minimum atomic E-state index is -0.376. The second kappa shape index (κ2) is 7.26. The fourth-order valence-corrected chi connectivity index (χ4v) is 2.94. The average Bonchev–Trinajstić information content (AvgIpc) is 2.94. The first kappa shape index (κ1) is 18.7. The monoisotopic (exact) mass is 369 g/mol. The molecular formula is C20H23N3O4. The molecule has 7 heteroatoms. The predicted molar refractivity (Wildman–Crippen MR) is 102 cm³/mol. The van der Waals surface area contributed by atoms with Crippen molar-refractivity contribution in [2.75, 3.05) is 0 Å². The Kier molecular flexibility index (Phi) is 5.03. The first-order valence-electron chi connectivity index (χ1n) is 8.80. The zero-order valence-electron chi connectivity index (χ0n) is 16.1. The minimum absolute atomic E-state index is 0.0637. The molecule has 27 heavy (non-hydrogen) atoms. The van der Waals surface area contributed by atoms with Gasteiger partial charge in [0.15, 0.2) is 0 Å². The summed E-state index contributed by atoms with van der Waals surface area (Å²) >= 11 is 0. The summed E-state index contributed by atoms with van der Waals surface area (Å²) in [7, 11) is 1.58. The lowest BCUT2D eigenvalue weighted by atomic mass is 10.1. The van der Waals surface area contributed by atoms with Gasteiger partial charge in [0.25, 0.3) is 11.5 Å². The summed E-state index contributed by atoms with van der Waals surface area (Å²) in [6, 6.07) is 7.29. The smallest absolute Gasteiger partial charge is 0.265 e. The van der Waals surface area contributed by atoms with Crippen LogP contribution in [0.2, 0.25) is 0 Å². The molecule has 3 rings (SSSR count). The van der Waals surface area contributed by atoms with Gasteiger partial charge in [0.2, 0.25) is 5.71 Å². The van der Waals surface area contributed by atoms with E-state index in [1.165, 1.54) is 10.9 Å². The first-order valence-corrected chi connectivity index (χ1v) is 8.80. The molecule has 1 atom stereocenters. The van der Waals surface area contributed by atoms with Crippen molar-refractivity contribution in [3.8, 4) is 5.75 Å². The van der Waals surface area contributed by atoms with Gasteiger partial charge in [0.1, 0.15) is 23.2 Å². The second-order valence-electron chi connectivity index (χ2n) is 6.81. The van der Waals surface area contributed by atoms with Gasteiger partial charge >= 0.3 is 0 Å². The molecule has 0 fully saturated rings. The van der Waals surface area contributed by atoms with Crippen LogP contribution in [0.4, 0.5) is 0 Å². The molecule has 1 amide bonds. The number of amides is 1. The van der Waals surface area contributed by atoms with Gasteiger partial charge in [0.05, 0.1) is 17.7 Å². The van der Waals surface area contributed by atoms with Gasteiger partial charge in [-0.05, 0) is 45.4 Å². The highest BCUT2D eigenvalue weighted by atomic mass is 16.5. The molecule has 7 nitrogen and oxygen atoms in total. The maximum absolute atomic E-state index is 12.9. The van der Waals surface area contributed by atoms with Crippen LogP contribution in [0.25, 0.3) is 11.1 Å². The van der Waals surface area contributed by atoms with Crippen molar-refractivity contribution in [1.82, 2.24) is 14.9 Å². The number of furan rings is 1. The van der Waals surface area contributed by atoms with Crippen molar-refractivity contribution >= 4 is 17.0 Å². The van der Waals surface area contributed by atoms with Crippen LogP contribution in [0.5, 0.6) is 5.75 Å². The lowest BCUT2D eigenvalue weighted by Gasteiger charge is -2.16. The van der Waals surface area contributed by atoms with E-state index in [1.54, 1.807) is 14.0 Å². The van der Waals surface area contributed by atoms with Crippen molar-refractivity contribution in [3.63, 3.8) is 0 Å². The number of aryl methyl sites for hydroxylation is 2. The lowest BCUT2D eigenvalue weighted by molar-refractivity contribution is 0.0939. The van der Waals surface area contributed by atoms with Crippen molar-refractivity contribution in [2.24, 2.45) is 7.05 Å². The Morgan fingerprint density at radius 2 is 2.04 bits per heavy atom. The fourth-order valence-electron chi connectivity index (χ4n) is 2.94. The van der Waals surface area contributed by atoms with E-state index < -0.39 is 0 Å². The largest absolute Gasteiger partial charge is 0.491 e. The molecule has 0 saturated heterocycles. The third-order valence-electron chi connectivity index (χ3n) is 4.25. The Labute approximate surface area is 157 Å². The van der Waals surface area contributed by atoms with E-state index in [2.05, 4.69) is 10.3 Å². The molecular weight excluding hydrogens is 346 g/mol. The van der Waals surface area contributed by atoms with E-state index in [1.807, 2.05) is 45.0 Å². The number of rotatable bonds is 5. The van der Waals surface area contributed by atoms with E-state index >= 15 is 0 Å². The van der Waals surface area contributed by atoms with Crippen molar-refractivity contribution in [1.29, 1.82) is 0 Å². The molecule has 2 heterocycles. The number of hydrogen-bond acceptors (Lipinski definition) is 5. The molecule has 0 saturated carbocycles. The topological polar surface area (TPSA) is 86.4 Å². The van der Waals surface area contributed by atoms with Gasteiger partial charge in [-0.1, -0.05) is 12.1 Å². The molecule has 1 N–H and O–H groups in total. The highest BCUT2D eigenvalue weighted by molar-refractivity contribution is 6.06. The summed E-state index contributed by atoms with van der Waals surface area (Å²) in [5.74, 6) is 0.730. The molecule has 0 bridgehead atoms. The third kappa shape index (κ3) is 3.72. The maximum atomic E-state index is 12.9. The van der Waals surface area contributed by atoms with Gasteiger partial charge in [-0.2, -0.15) is 0 Å². The van der Waals surface area contributed by atoms with Gasteiger partial charge in [-0.3, -0.25) is 9.59 Å². The summed E-state index contributed by atoms with van der Waals surface area (Å²) in [6.07, 6.45) is 1.44. The number of hydrogen-bond donors (Lipinski definition) is 1. The van der Waals surface area contributed by atoms with Crippen LogP contribution in [-0.4, -0.2) is 21.6 Å². The number of benzene rings is 1. The van der Waals surface area contributed by atoms with Gasteiger partial charge in [-0.25, -0.2) is 4.98 Å². The Hall–Kier alpha value is -3.09. The molecule has 142 valence electrons. The zero-order chi connectivity index (χ0) is 19.7. The number of nitrogens with one attached hydrogen (secondary N) is 1. The van der Waals surface area contributed by atoms with Crippen LogP contribution < -0.4 is 15.6 Å². The number of fused-ring (bicyclic) bond motifs is 1. The standard InChI is InChI=1S/C20H23N3O4/c1-11(2)26-15-8-6-7-14(9-15)12(3)22-18(24)16-13(4)27-19-17(16)20(25)23(5)10-21-19/h6-12H,1-5H3,(H,22,24). The van der Waals surface area contributed by atoms with E-state index in [-0.39, 0.29) is 40.3 Å². The SMILES string of the molecule is Cc1oc2ncn(C)c(=O)c2c1C(=O)NC(C)c1cccc(OC(C)C)c1. The van der Waals surface area contributed by atoms with E-state index in [0.717, 1.165) is 11.3 Å². The average molecular weight is 369 g/mol. The zero-order valence-corrected chi connectivity index (χ0v) is 16.1. The molecule has 1 unspecified atom stereocenters. The summed E-state index contributed by atoms with van der Waals surface area (Å²) in [4.78, 5) is 29.4. The number of carbonyl (C=O) groups is 1. The van der Waals surface area contributed by atoms with Crippen LogP contribution in [-0.2, 0) is 7.05 Å². The summed E-state index contributed by atoms with van der Waals surface area (Å²) < 4.78 is 12.5. The molecule has 0 radical (unpaired) electrons. The summed E-state index contributed by atoms with van der Waals surface area (Å²) in [6.45, 7) is 7.44. The molecule has 0 aliphatic heterocycles. The number of nitrogens with zero attached hydrogens (tertiary/aromatic N) is 2. The Morgan fingerprint density at radius 3 is 2.74 bits per heavy atom. The number of carbonyl (C=O) groups excluding carboxylic acids is 1. The summed E-state index contributed by atoms with van der Waals surface area (Å²) in [5.41, 5.74) is 0.973. The number of aromatic nitrogens is 2. The Morgan fingerprint density at radius 1 is 1.30 bits per heavy atom. The van der Waals surface area contributed by atoms with Gasteiger partial charge < -0.3 is 19.0 Å². The lowest BCUT2D eigenvalue weighted by Crippen LogP contribution is -2.28. The quantitative estimate of drug-likeness (QED) is 0.747. The van der Waals surface area contributed by atoms with E-state index in [9.17, 15) is 9.59 Å².